The third kappa shape index (κ3) is 4.91. The molecule has 25 heavy (non-hydrogen) atoms. The number of nitrogens with one attached hydrogen (secondary N) is 1. The van der Waals surface area contributed by atoms with E-state index >= 15 is 0 Å². The Morgan fingerprint density at radius 1 is 1.00 bits per heavy atom. The zero-order chi connectivity index (χ0) is 17.5. The highest BCUT2D eigenvalue weighted by Gasteiger charge is 2.17. The summed E-state index contributed by atoms with van der Waals surface area (Å²) < 4.78 is 0. The van der Waals surface area contributed by atoms with Crippen LogP contribution in [0.4, 0.5) is 0 Å². The number of rotatable bonds is 6. The van der Waals surface area contributed by atoms with Gasteiger partial charge < -0.3 is 5.32 Å². The smallest absolute Gasteiger partial charge is 0.221 e. The molecule has 0 aliphatic heterocycles. The molecule has 0 fully saturated rings. The molecule has 0 saturated carbocycles. The Hall–Kier alpha value is -2.65. The topological polar surface area (TPSA) is 42.0 Å². The highest BCUT2D eigenvalue weighted by atomic mass is 35.5. The Morgan fingerprint density at radius 3 is 2.52 bits per heavy atom. The molecule has 0 bridgehead atoms. The number of nitrogens with zero attached hydrogens (tertiary/aromatic N) is 1. The van der Waals surface area contributed by atoms with E-state index in [9.17, 15) is 4.79 Å². The van der Waals surface area contributed by atoms with Crippen LogP contribution in [0.2, 0.25) is 5.02 Å². The molecule has 0 aliphatic carbocycles. The normalized spacial score (nSPS) is 11.7. The molecular formula is C21H19ClN2O. The Labute approximate surface area is 152 Å². The number of amides is 1. The molecule has 3 rings (SSSR count). The highest BCUT2D eigenvalue weighted by molar-refractivity contribution is 6.30. The second-order valence-electron chi connectivity index (χ2n) is 5.80. The van der Waals surface area contributed by atoms with Gasteiger partial charge in [-0.2, -0.15) is 0 Å². The summed E-state index contributed by atoms with van der Waals surface area (Å²) in [5.41, 5.74) is 2.89. The minimum absolute atomic E-state index is 0.0144. The van der Waals surface area contributed by atoms with Gasteiger partial charge in [-0.3, -0.25) is 9.78 Å². The van der Waals surface area contributed by atoms with Gasteiger partial charge in [0.1, 0.15) is 0 Å². The van der Waals surface area contributed by atoms with Crippen molar-refractivity contribution in [3.8, 4) is 0 Å². The Morgan fingerprint density at radius 2 is 1.80 bits per heavy atom. The monoisotopic (exact) mass is 350 g/mol. The van der Waals surface area contributed by atoms with E-state index in [4.69, 9.17) is 11.6 Å². The minimum atomic E-state index is -0.255. The van der Waals surface area contributed by atoms with Gasteiger partial charge in [0.15, 0.2) is 0 Å². The number of carbonyl (C=O) groups excluding carboxylic acids is 1. The van der Waals surface area contributed by atoms with Crippen LogP contribution in [0.1, 0.15) is 29.3 Å². The van der Waals surface area contributed by atoms with Crippen molar-refractivity contribution in [1.82, 2.24) is 10.3 Å². The maximum absolute atomic E-state index is 12.5. The van der Waals surface area contributed by atoms with Crippen molar-refractivity contribution >= 4 is 17.5 Å². The van der Waals surface area contributed by atoms with Gasteiger partial charge in [-0.15, -0.1) is 0 Å². The number of hydrogen-bond acceptors (Lipinski definition) is 2. The van der Waals surface area contributed by atoms with Gasteiger partial charge in [-0.05, 0) is 41.8 Å². The predicted molar refractivity (Wildman–Crippen MR) is 100 cm³/mol. The molecule has 0 radical (unpaired) electrons. The number of halogens is 1. The van der Waals surface area contributed by atoms with Gasteiger partial charge in [-0.25, -0.2) is 0 Å². The van der Waals surface area contributed by atoms with E-state index in [-0.39, 0.29) is 11.9 Å². The van der Waals surface area contributed by atoms with Crippen LogP contribution in [0.15, 0.2) is 79.0 Å². The molecule has 1 amide bonds. The summed E-state index contributed by atoms with van der Waals surface area (Å²) in [5.74, 6) is -0.0144. The van der Waals surface area contributed by atoms with Crippen LogP contribution in [0.5, 0.6) is 0 Å². The van der Waals surface area contributed by atoms with Crippen molar-refractivity contribution in [3.05, 3.63) is 101 Å². The van der Waals surface area contributed by atoms with Crippen LogP contribution in [-0.4, -0.2) is 10.9 Å². The predicted octanol–water partition coefficient (Wildman–Crippen LogP) is 4.57. The average molecular weight is 351 g/mol. The van der Waals surface area contributed by atoms with E-state index < -0.39 is 0 Å². The summed E-state index contributed by atoms with van der Waals surface area (Å²) in [4.78, 5) is 16.9. The lowest BCUT2D eigenvalue weighted by Gasteiger charge is -2.19. The second kappa shape index (κ2) is 8.45. The summed E-state index contributed by atoms with van der Waals surface area (Å²) in [5, 5.41) is 3.79. The summed E-state index contributed by atoms with van der Waals surface area (Å²) in [6, 6.07) is 22.9. The molecule has 1 unspecified atom stereocenters. The first-order chi connectivity index (χ1) is 12.2. The Kier molecular flexibility index (Phi) is 5.81. The standard InChI is InChI=1S/C21H19ClN2O/c22-18-10-6-7-16(15-18)12-13-20(25)24-21(17-8-2-1-3-9-17)19-11-4-5-14-23-19/h1-11,14-15,21H,12-13H2,(H,24,25). The summed E-state index contributed by atoms with van der Waals surface area (Å²) in [6.07, 6.45) is 2.79. The maximum Gasteiger partial charge on any atom is 0.221 e. The number of hydrogen-bond donors (Lipinski definition) is 1. The minimum Gasteiger partial charge on any atom is -0.344 e. The molecule has 1 N–H and O–H groups in total. The highest BCUT2D eigenvalue weighted by Crippen LogP contribution is 2.20. The van der Waals surface area contributed by atoms with E-state index in [1.165, 1.54) is 0 Å². The zero-order valence-corrected chi connectivity index (χ0v) is 14.5. The number of aryl methyl sites for hydroxylation is 1. The van der Waals surface area contributed by atoms with Crippen LogP contribution in [0, 0.1) is 0 Å². The molecule has 4 heteroatoms. The first kappa shape index (κ1) is 17.2. The van der Waals surface area contributed by atoms with Gasteiger partial charge in [0.25, 0.3) is 0 Å². The van der Waals surface area contributed by atoms with Crippen molar-refractivity contribution in [3.63, 3.8) is 0 Å². The number of benzene rings is 2. The molecule has 1 aromatic heterocycles. The molecule has 3 aromatic rings. The zero-order valence-electron chi connectivity index (χ0n) is 13.7. The maximum atomic E-state index is 12.5. The van der Waals surface area contributed by atoms with Gasteiger partial charge in [0.05, 0.1) is 11.7 Å². The van der Waals surface area contributed by atoms with E-state index in [1.807, 2.05) is 72.8 Å². The second-order valence-corrected chi connectivity index (χ2v) is 6.23. The molecular weight excluding hydrogens is 332 g/mol. The lowest BCUT2D eigenvalue weighted by atomic mass is 10.0. The fraction of sp³-hybridized carbons (Fsp3) is 0.143. The SMILES string of the molecule is O=C(CCc1cccc(Cl)c1)NC(c1ccccc1)c1ccccn1. The van der Waals surface area contributed by atoms with Gasteiger partial charge in [0.2, 0.25) is 5.91 Å². The van der Waals surface area contributed by atoms with E-state index in [0.717, 1.165) is 16.8 Å². The quantitative estimate of drug-likeness (QED) is 0.707. The van der Waals surface area contributed by atoms with Gasteiger partial charge >= 0.3 is 0 Å². The molecule has 126 valence electrons. The molecule has 1 heterocycles. The molecule has 2 aromatic carbocycles. The van der Waals surface area contributed by atoms with Crippen LogP contribution in [-0.2, 0) is 11.2 Å². The van der Waals surface area contributed by atoms with Crippen molar-refractivity contribution < 1.29 is 4.79 Å². The number of pyridine rings is 1. The number of carbonyl (C=O) groups is 1. The first-order valence-electron chi connectivity index (χ1n) is 8.22. The Balaban J connectivity index is 1.71. The van der Waals surface area contributed by atoms with E-state index in [0.29, 0.717) is 17.9 Å². The third-order valence-corrected chi connectivity index (χ3v) is 4.19. The molecule has 0 saturated heterocycles. The van der Waals surface area contributed by atoms with Crippen molar-refractivity contribution in [2.24, 2.45) is 0 Å². The lowest BCUT2D eigenvalue weighted by Crippen LogP contribution is -2.30. The van der Waals surface area contributed by atoms with Crippen LogP contribution >= 0.6 is 11.6 Å². The largest absolute Gasteiger partial charge is 0.344 e. The summed E-state index contributed by atoms with van der Waals surface area (Å²) in [6.45, 7) is 0. The van der Waals surface area contributed by atoms with Crippen molar-refractivity contribution in [1.29, 1.82) is 0 Å². The molecule has 0 spiro atoms. The Bertz CT molecular complexity index is 782. The van der Waals surface area contributed by atoms with Crippen molar-refractivity contribution in [2.45, 2.75) is 18.9 Å². The van der Waals surface area contributed by atoms with Crippen LogP contribution in [0.25, 0.3) is 0 Å². The number of aromatic nitrogens is 1. The first-order valence-corrected chi connectivity index (χ1v) is 8.60. The molecule has 3 nitrogen and oxygen atoms in total. The van der Waals surface area contributed by atoms with Crippen LogP contribution < -0.4 is 5.32 Å². The third-order valence-electron chi connectivity index (χ3n) is 3.95. The molecule has 0 aliphatic rings. The van der Waals surface area contributed by atoms with Crippen molar-refractivity contribution in [2.75, 3.05) is 0 Å². The van der Waals surface area contributed by atoms with E-state index in [2.05, 4.69) is 10.3 Å². The summed E-state index contributed by atoms with van der Waals surface area (Å²) in [7, 11) is 0. The fourth-order valence-corrected chi connectivity index (χ4v) is 2.92. The fourth-order valence-electron chi connectivity index (χ4n) is 2.70. The van der Waals surface area contributed by atoms with Crippen LogP contribution in [0.3, 0.4) is 0 Å². The lowest BCUT2D eigenvalue weighted by molar-refractivity contribution is -0.121. The van der Waals surface area contributed by atoms with E-state index in [1.54, 1.807) is 6.20 Å². The van der Waals surface area contributed by atoms with Gasteiger partial charge in [0, 0.05) is 17.6 Å². The molecule has 1 atom stereocenters. The summed E-state index contributed by atoms with van der Waals surface area (Å²) >= 11 is 6.00. The van der Waals surface area contributed by atoms with Gasteiger partial charge in [-0.1, -0.05) is 60.1 Å². The average Bonchev–Trinajstić information content (AvgIpc) is 2.66.